The fraction of sp³-hybridized carbons (Fsp3) is 0.182. The zero-order valence-corrected chi connectivity index (χ0v) is 10.1. The van der Waals surface area contributed by atoms with Crippen molar-refractivity contribution in [2.24, 2.45) is 0 Å². The molecule has 2 aromatic heterocycles. The van der Waals surface area contributed by atoms with Crippen LogP contribution in [0.2, 0.25) is 5.15 Å². The average molecular weight is 249 g/mol. The van der Waals surface area contributed by atoms with Crippen LogP contribution >= 0.6 is 11.6 Å². The van der Waals surface area contributed by atoms with Crippen LogP contribution < -0.4 is 4.74 Å². The number of hydrogen-bond donors (Lipinski definition) is 0. The summed E-state index contributed by atoms with van der Waals surface area (Å²) in [7, 11) is 1.60. The Morgan fingerprint density at radius 2 is 2.12 bits per heavy atom. The van der Waals surface area contributed by atoms with E-state index in [1.807, 2.05) is 29.5 Å². The highest BCUT2D eigenvalue weighted by molar-refractivity contribution is 6.32. The first-order valence-corrected chi connectivity index (χ1v) is 5.44. The summed E-state index contributed by atoms with van der Waals surface area (Å²) in [6, 6.07) is 5.68. The molecule has 0 amide bonds. The second-order valence-corrected chi connectivity index (χ2v) is 3.99. The lowest BCUT2D eigenvalue weighted by Crippen LogP contribution is -1.97. The maximum absolute atomic E-state index is 6.09. The molecule has 5 nitrogen and oxygen atoms in total. The molecule has 1 aromatic carbocycles. The molecule has 86 valence electrons. The summed E-state index contributed by atoms with van der Waals surface area (Å²) in [5.41, 5.74) is 2.14. The van der Waals surface area contributed by atoms with E-state index in [1.54, 1.807) is 7.11 Å². The second-order valence-electron chi connectivity index (χ2n) is 3.64. The van der Waals surface area contributed by atoms with Crippen molar-refractivity contribution >= 4 is 28.3 Å². The Balaban J connectivity index is 2.60. The van der Waals surface area contributed by atoms with Gasteiger partial charge in [0.25, 0.3) is 0 Å². The molecule has 2 heterocycles. The minimum atomic E-state index is 0.322. The van der Waals surface area contributed by atoms with Crippen molar-refractivity contribution in [2.75, 3.05) is 7.11 Å². The van der Waals surface area contributed by atoms with Crippen molar-refractivity contribution in [1.82, 2.24) is 19.6 Å². The van der Waals surface area contributed by atoms with Crippen molar-refractivity contribution in [1.29, 1.82) is 0 Å². The van der Waals surface area contributed by atoms with Gasteiger partial charge in [0, 0.05) is 0 Å². The van der Waals surface area contributed by atoms with E-state index in [0.717, 1.165) is 11.3 Å². The number of ether oxygens (including phenoxy) is 1. The molecule has 0 aliphatic heterocycles. The molecule has 0 aliphatic rings. The molecule has 3 rings (SSSR count). The molecule has 17 heavy (non-hydrogen) atoms. The molecule has 3 aromatic rings. The number of rotatable bonds is 1. The number of methoxy groups -OCH3 is 1. The van der Waals surface area contributed by atoms with Crippen LogP contribution in [0.5, 0.6) is 5.75 Å². The number of fused-ring (bicyclic) bond motifs is 3. The maximum Gasteiger partial charge on any atom is 0.199 e. The SMILES string of the molecule is COc1cccc2c1nc(Cl)c1nnc(C)n12. The Kier molecular flexibility index (Phi) is 2.16. The first-order chi connectivity index (χ1) is 8.22. The molecule has 0 bridgehead atoms. The highest BCUT2D eigenvalue weighted by Gasteiger charge is 2.13. The van der Waals surface area contributed by atoms with Gasteiger partial charge in [-0.05, 0) is 19.1 Å². The Labute approximate surface area is 102 Å². The highest BCUT2D eigenvalue weighted by Crippen LogP contribution is 2.27. The summed E-state index contributed by atoms with van der Waals surface area (Å²) in [6.07, 6.45) is 0. The lowest BCUT2D eigenvalue weighted by Gasteiger charge is -2.07. The number of halogens is 1. The molecular weight excluding hydrogens is 240 g/mol. The van der Waals surface area contributed by atoms with Crippen molar-refractivity contribution in [3.63, 3.8) is 0 Å². The molecule has 0 N–H and O–H groups in total. The number of benzene rings is 1. The van der Waals surface area contributed by atoms with E-state index < -0.39 is 0 Å². The Morgan fingerprint density at radius 3 is 2.88 bits per heavy atom. The lowest BCUT2D eigenvalue weighted by molar-refractivity contribution is 0.419. The Morgan fingerprint density at radius 1 is 1.29 bits per heavy atom. The predicted molar refractivity (Wildman–Crippen MR) is 64.6 cm³/mol. The van der Waals surface area contributed by atoms with Gasteiger partial charge in [-0.2, -0.15) is 0 Å². The smallest absolute Gasteiger partial charge is 0.199 e. The predicted octanol–water partition coefficient (Wildman–Crippen LogP) is 2.25. The second kappa shape index (κ2) is 3.56. The standard InChI is InChI=1S/C11H9ClN4O/c1-6-14-15-11-10(12)13-9-7(16(6)11)4-3-5-8(9)17-2/h3-5H,1-2H3. The van der Waals surface area contributed by atoms with E-state index in [2.05, 4.69) is 15.2 Å². The maximum atomic E-state index is 6.09. The van der Waals surface area contributed by atoms with Crippen molar-refractivity contribution < 1.29 is 4.74 Å². The van der Waals surface area contributed by atoms with Crippen LogP contribution in [0.25, 0.3) is 16.7 Å². The molecule has 0 spiro atoms. The summed E-state index contributed by atoms with van der Waals surface area (Å²) in [6.45, 7) is 1.87. The van der Waals surface area contributed by atoms with E-state index in [-0.39, 0.29) is 0 Å². The van der Waals surface area contributed by atoms with Crippen LogP contribution in [0.4, 0.5) is 0 Å². The van der Waals surface area contributed by atoms with Gasteiger partial charge < -0.3 is 4.74 Å². The van der Waals surface area contributed by atoms with E-state index in [9.17, 15) is 0 Å². The van der Waals surface area contributed by atoms with Gasteiger partial charge in [0.15, 0.2) is 10.8 Å². The molecule has 0 atom stereocenters. The van der Waals surface area contributed by atoms with Gasteiger partial charge in [0.05, 0.1) is 12.6 Å². The largest absolute Gasteiger partial charge is 0.494 e. The Hall–Kier alpha value is -1.88. The zero-order chi connectivity index (χ0) is 12.0. The van der Waals surface area contributed by atoms with Crippen LogP contribution in [0.3, 0.4) is 0 Å². The van der Waals surface area contributed by atoms with Crippen molar-refractivity contribution in [3.05, 3.63) is 29.2 Å². The van der Waals surface area contributed by atoms with Gasteiger partial charge in [-0.15, -0.1) is 10.2 Å². The monoisotopic (exact) mass is 248 g/mol. The van der Waals surface area contributed by atoms with Gasteiger partial charge in [0.1, 0.15) is 17.1 Å². The number of aryl methyl sites for hydroxylation is 1. The normalized spacial score (nSPS) is 11.2. The van der Waals surface area contributed by atoms with Crippen LogP contribution in [-0.2, 0) is 0 Å². The first-order valence-electron chi connectivity index (χ1n) is 5.06. The van der Waals surface area contributed by atoms with E-state index in [1.165, 1.54) is 0 Å². The van der Waals surface area contributed by atoms with Gasteiger partial charge in [-0.1, -0.05) is 17.7 Å². The summed E-state index contributed by atoms with van der Waals surface area (Å²) < 4.78 is 7.14. The number of aromatic nitrogens is 4. The van der Waals surface area contributed by atoms with Crippen LogP contribution in [0.15, 0.2) is 18.2 Å². The molecule has 0 saturated carbocycles. The summed E-state index contributed by atoms with van der Waals surface area (Å²) in [5.74, 6) is 1.45. The Bertz CT molecular complexity index is 722. The number of para-hydroxylation sites is 1. The van der Waals surface area contributed by atoms with Gasteiger partial charge >= 0.3 is 0 Å². The molecule has 0 fully saturated rings. The molecule has 6 heteroatoms. The fourth-order valence-electron chi connectivity index (χ4n) is 1.90. The highest BCUT2D eigenvalue weighted by atomic mass is 35.5. The van der Waals surface area contributed by atoms with Crippen LogP contribution in [-0.4, -0.2) is 26.7 Å². The number of hydrogen-bond acceptors (Lipinski definition) is 4. The fourth-order valence-corrected chi connectivity index (χ4v) is 2.11. The van der Waals surface area contributed by atoms with Crippen molar-refractivity contribution in [2.45, 2.75) is 6.92 Å². The molecule has 0 aliphatic carbocycles. The molecule has 0 saturated heterocycles. The molecular formula is C11H9ClN4O. The third-order valence-electron chi connectivity index (χ3n) is 2.66. The van der Waals surface area contributed by atoms with Gasteiger partial charge in [-0.25, -0.2) is 4.98 Å². The van der Waals surface area contributed by atoms with Crippen LogP contribution in [0.1, 0.15) is 5.82 Å². The third-order valence-corrected chi connectivity index (χ3v) is 2.91. The summed E-state index contributed by atoms with van der Waals surface area (Å²) >= 11 is 6.09. The van der Waals surface area contributed by atoms with Crippen LogP contribution in [0, 0.1) is 6.92 Å². The minimum absolute atomic E-state index is 0.322. The minimum Gasteiger partial charge on any atom is -0.494 e. The average Bonchev–Trinajstić information content (AvgIpc) is 2.72. The summed E-state index contributed by atoms with van der Waals surface area (Å²) in [5, 5.41) is 8.33. The van der Waals surface area contributed by atoms with E-state index >= 15 is 0 Å². The van der Waals surface area contributed by atoms with Gasteiger partial charge in [0.2, 0.25) is 0 Å². The molecule has 0 radical (unpaired) electrons. The number of nitrogens with zero attached hydrogens (tertiary/aromatic N) is 4. The third kappa shape index (κ3) is 1.36. The summed E-state index contributed by atoms with van der Waals surface area (Å²) in [4.78, 5) is 4.31. The van der Waals surface area contributed by atoms with Crippen molar-refractivity contribution in [3.8, 4) is 5.75 Å². The lowest BCUT2D eigenvalue weighted by atomic mass is 10.2. The first kappa shape index (κ1) is 10.3. The quantitative estimate of drug-likeness (QED) is 0.663. The zero-order valence-electron chi connectivity index (χ0n) is 9.31. The molecule has 0 unspecified atom stereocenters. The van der Waals surface area contributed by atoms with Gasteiger partial charge in [-0.3, -0.25) is 4.40 Å². The van der Waals surface area contributed by atoms with E-state index in [4.69, 9.17) is 16.3 Å². The van der Waals surface area contributed by atoms with E-state index in [0.29, 0.717) is 22.1 Å². The topological polar surface area (TPSA) is 52.3 Å².